The molecule has 0 saturated carbocycles. The lowest BCUT2D eigenvalue weighted by Gasteiger charge is -2.08. The summed E-state index contributed by atoms with van der Waals surface area (Å²) in [5, 5.41) is 2.96. The third-order valence-electron chi connectivity index (χ3n) is 3.88. The molecule has 22 heavy (non-hydrogen) atoms. The van der Waals surface area contributed by atoms with Crippen LogP contribution in [-0.2, 0) is 24.2 Å². The van der Waals surface area contributed by atoms with Gasteiger partial charge in [0.05, 0.1) is 0 Å². The molecule has 1 aromatic heterocycles. The number of amides is 1. The van der Waals surface area contributed by atoms with Crippen LogP contribution in [0.2, 0.25) is 0 Å². The van der Waals surface area contributed by atoms with Crippen molar-refractivity contribution in [2.45, 2.75) is 45.8 Å². The number of ether oxygens (including phenoxy) is 1. The summed E-state index contributed by atoms with van der Waals surface area (Å²) < 4.78 is 7.69. The predicted molar refractivity (Wildman–Crippen MR) is 85.1 cm³/mol. The Morgan fingerprint density at radius 3 is 3.18 bits per heavy atom. The van der Waals surface area contributed by atoms with Gasteiger partial charge in [-0.1, -0.05) is 6.92 Å². The fourth-order valence-electron chi connectivity index (χ4n) is 2.80. The van der Waals surface area contributed by atoms with Crippen LogP contribution < -0.4 is 10.1 Å². The molecule has 1 amide bonds. The van der Waals surface area contributed by atoms with Crippen LogP contribution in [0.5, 0.6) is 5.75 Å². The first-order valence-corrected chi connectivity index (χ1v) is 7.75. The topological polar surface area (TPSA) is 56.2 Å². The molecule has 0 fully saturated rings. The van der Waals surface area contributed by atoms with Crippen LogP contribution >= 0.6 is 0 Å². The largest absolute Gasteiger partial charge is 0.490 e. The SMILES string of the molecule is CCc1nccn1CCC(=O)Nc1ccc2c(c1)CC(C)O2. The van der Waals surface area contributed by atoms with Gasteiger partial charge >= 0.3 is 0 Å². The molecule has 116 valence electrons. The third kappa shape index (κ3) is 3.13. The normalized spacial score (nSPS) is 16.2. The molecule has 1 N–H and O–H groups in total. The van der Waals surface area contributed by atoms with Gasteiger partial charge in [0.1, 0.15) is 17.7 Å². The maximum Gasteiger partial charge on any atom is 0.226 e. The van der Waals surface area contributed by atoms with Crippen molar-refractivity contribution in [3.05, 3.63) is 42.0 Å². The molecule has 0 aliphatic carbocycles. The summed E-state index contributed by atoms with van der Waals surface area (Å²) in [5.74, 6) is 1.95. The minimum Gasteiger partial charge on any atom is -0.490 e. The van der Waals surface area contributed by atoms with Gasteiger partial charge in [0, 0.05) is 43.9 Å². The quantitative estimate of drug-likeness (QED) is 0.923. The third-order valence-corrected chi connectivity index (χ3v) is 3.88. The highest BCUT2D eigenvalue weighted by molar-refractivity contribution is 5.90. The zero-order chi connectivity index (χ0) is 15.5. The number of carbonyl (C=O) groups excluding carboxylic acids is 1. The molecule has 3 rings (SSSR count). The van der Waals surface area contributed by atoms with Crippen LogP contribution in [0.3, 0.4) is 0 Å². The van der Waals surface area contributed by atoms with Crippen LogP contribution in [0.4, 0.5) is 5.69 Å². The number of rotatable bonds is 5. The van der Waals surface area contributed by atoms with E-state index in [4.69, 9.17) is 4.74 Å². The van der Waals surface area contributed by atoms with Gasteiger partial charge in [-0.05, 0) is 30.7 Å². The summed E-state index contributed by atoms with van der Waals surface area (Å²) >= 11 is 0. The van der Waals surface area contributed by atoms with Crippen molar-refractivity contribution in [2.75, 3.05) is 5.32 Å². The number of aryl methyl sites for hydroxylation is 2. The molecule has 0 bridgehead atoms. The Morgan fingerprint density at radius 1 is 1.50 bits per heavy atom. The number of carbonyl (C=O) groups is 1. The van der Waals surface area contributed by atoms with Crippen molar-refractivity contribution in [1.29, 1.82) is 0 Å². The standard InChI is InChI=1S/C17H21N3O2/c1-3-16-18-7-9-20(16)8-6-17(21)19-14-4-5-15-13(11-14)10-12(2)22-15/h4-5,7,9,11-12H,3,6,8,10H2,1-2H3,(H,19,21). The van der Waals surface area contributed by atoms with Crippen molar-refractivity contribution in [1.82, 2.24) is 9.55 Å². The number of fused-ring (bicyclic) bond motifs is 1. The summed E-state index contributed by atoms with van der Waals surface area (Å²) in [6.07, 6.45) is 6.12. The summed E-state index contributed by atoms with van der Waals surface area (Å²) in [7, 11) is 0. The van der Waals surface area contributed by atoms with Crippen LogP contribution in [-0.4, -0.2) is 21.6 Å². The molecule has 1 unspecified atom stereocenters. The van der Waals surface area contributed by atoms with E-state index in [1.54, 1.807) is 6.20 Å². The molecule has 5 heteroatoms. The highest BCUT2D eigenvalue weighted by atomic mass is 16.5. The fourth-order valence-corrected chi connectivity index (χ4v) is 2.80. The Kier molecular flexibility index (Phi) is 4.13. The number of hydrogen-bond donors (Lipinski definition) is 1. The number of imidazole rings is 1. The molecule has 2 aromatic rings. The van der Waals surface area contributed by atoms with Crippen molar-refractivity contribution in [3.63, 3.8) is 0 Å². The number of nitrogens with zero attached hydrogens (tertiary/aromatic N) is 2. The monoisotopic (exact) mass is 299 g/mol. The van der Waals surface area contributed by atoms with Gasteiger partial charge in [0.2, 0.25) is 5.91 Å². The number of anilines is 1. The van der Waals surface area contributed by atoms with Gasteiger partial charge in [-0.2, -0.15) is 0 Å². The maximum absolute atomic E-state index is 12.1. The molecule has 5 nitrogen and oxygen atoms in total. The minimum atomic E-state index is 0.0164. The lowest BCUT2D eigenvalue weighted by molar-refractivity contribution is -0.116. The predicted octanol–water partition coefficient (Wildman–Crippen LogP) is 2.80. The first-order valence-electron chi connectivity index (χ1n) is 7.75. The van der Waals surface area contributed by atoms with Crippen molar-refractivity contribution in [2.24, 2.45) is 0 Å². The minimum absolute atomic E-state index is 0.0164. The van der Waals surface area contributed by atoms with Crippen LogP contribution in [0.1, 0.15) is 31.7 Å². The van der Waals surface area contributed by atoms with E-state index in [0.717, 1.165) is 35.7 Å². The zero-order valence-corrected chi connectivity index (χ0v) is 13.0. The first kappa shape index (κ1) is 14.6. The molecule has 1 aliphatic heterocycles. The average Bonchev–Trinajstić information content (AvgIpc) is 3.09. The van der Waals surface area contributed by atoms with Gasteiger partial charge < -0.3 is 14.6 Å². The highest BCUT2D eigenvalue weighted by Gasteiger charge is 2.19. The molecule has 1 aliphatic rings. The van der Waals surface area contributed by atoms with Crippen LogP contribution in [0.25, 0.3) is 0 Å². The number of hydrogen-bond acceptors (Lipinski definition) is 3. The Labute approximate surface area is 130 Å². The Balaban J connectivity index is 1.57. The van der Waals surface area contributed by atoms with E-state index in [-0.39, 0.29) is 12.0 Å². The van der Waals surface area contributed by atoms with E-state index in [1.807, 2.05) is 29.0 Å². The van der Waals surface area contributed by atoms with Crippen molar-refractivity contribution in [3.8, 4) is 5.75 Å². The van der Waals surface area contributed by atoms with E-state index in [9.17, 15) is 4.79 Å². The lowest BCUT2D eigenvalue weighted by Crippen LogP contribution is -2.15. The van der Waals surface area contributed by atoms with Crippen LogP contribution in [0.15, 0.2) is 30.6 Å². The summed E-state index contributed by atoms with van der Waals surface area (Å²) in [5.41, 5.74) is 2.00. The molecule has 2 heterocycles. The molecular weight excluding hydrogens is 278 g/mol. The lowest BCUT2D eigenvalue weighted by atomic mass is 10.1. The van der Waals surface area contributed by atoms with Crippen molar-refractivity contribution < 1.29 is 9.53 Å². The number of benzene rings is 1. The first-order chi connectivity index (χ1) is 10.7. The van der Waals surface area contributed by atoms with E-state index in [0.29, 0.717) is 13.0 Å². The van der Waals surface area contributed by atoms with Gasteiger partial charge in [0.25, 0.3) is 0 Å². The average molecular weight is 299 g/mol. The second kappa shape index (κ2) is 6.22. The summed E-state index contributed by atoms with van der Waals surface area (Å²) in [4.78, 5) is 16.4. The molecule has 1 atom stereocenters. The van der Waals surface area contributed by atoms with Gasteiger partial charge in [-0.15, -0.1) is 0 Å². The summed E-state index contributed by atoms with van der Waals surface area (Å²) in [6, 6.07) is 5.83. The smallest absolute Gasteiger partial charge is 0.226 e. The van der Waals surface area contributed by atoms with E-state index in [1.165, 1.54) is 0 Å². The van der Waals surface area contributed by atoms with Crippen LogP contribution in [0, 0.1) is 0 Å². The Bertz CT molecular complexity index is 678. The molecule has 0 spiro atoms. The summed E-state index contributed by atoms with van der Waals surface area (Å²) in [6.45, 7) is 4.77. The zero-order valence-electron chi connectivity index (χ0n) is 13.0. The Hall–Kier alpha value is -2.30. The second-order valence-electron chi connectivity index (χ2n) is 5.64. The van der Waals surface area contributed by atoms with Gasteiger partial charge in [0.15, 0.2) is 0 Å². The van der Waals surface area contributed by atoms with E-state index < -0.39 is 0 Å². The van der Waals surface area contributed by atoms with Crippen molar-refractivity contribution >= 4 is 11.6 Å². The maximum atomic E-state index is 12.1. The number of nitrogens with one attached hydrogen (secondary N) is 1. The molecular formula is C17H21N3O2. The second-order valence-corrected chi connectivity index (χ2v) is 5.64. The highest BCUT2D eigenvalue weighted by Crippen LogP contribution is 2.30. The fraction of sp³-hybridized carbons (Fsp3) is 0.412. The molecule has 1 aromatic carbocycles. The Morgan fingerprint density at radius 2 is 2.36 bits per heavy atom. The molecule has 0 radical (unpaired) electrons. The molecule has 0 saturated heterocycles. The van der Waals surface area contributed by atoms with E-state index >= 15 is 0 Å². The van der Waals surface area contributed by atoms with E-state index in [2.05, 4.69) is 24.1 Å². The van der Waals surface area contributed by atoms with Gasteiger partial charge in [-0.3, -0.25) is 4.79 Å². The van der Waals surface area contributed by atoms with Gasteiger partial charge in [-0.25, -0.2) is 4.98 Å². The number of aromatic nitrogens is 2.